The molecule has 0 unspecified atom stereocenters. The van der Waals surface area contributed by atoms with Gasteiger partial charge in [-0.05, 0) is 24.5 Å². The lowest BCUT2D eigenvalue weighted by atomic mass is 10.0. The number of carbonyl (C=O) groups is 1. The van der Waals surface area contributed by atoms with E-state index in [2.05, 4.69) is 10.5 Å². The third kappa shape index (κ3) is 4.60. The topological polar surface area (TPSA) is 55.1 Å². The summed E-state index contributed by atoms with van der Waals surface area (Å²) in [4.78, 5) is 11.9. The van der Waals surface area contributed by atoms with Crippen molar-refractivity contribution in [1.29, 1.82) is 0 Å². The van der Waals surface area contributed by atoms with Gasteiger partial charge in [0.1, 0.15) is 5.76 Å². The van der Waals surface area contributed by atoms with Gasteiger partial charge < -0.3 is 9.84 Å². The third-order valence-corrected chi connectivity index (χ3v) is 3.19. The van der Waals surface area contributed by atoms with Crippen molar-refractivity contribution in [3.05, 3.63) is 59.5 Å². The summed E-state index contributed by atoms with van der Waals surface area (Å²) >= 11 is 0. The minimum Gasteiger partial charge on any atom is -0.361 e. The van der Waals surface area contributed by atoms with Crippen LogP contribution in [0.2, 0.25) is 0 Å². The van der Waals surface area contributed by atoms with Gasteiger partial charge in [-0.15, -0.1) is 0 Å². The van der Waals surface area contributed by atoms with Crippen molar-refractivity contribution in [2.75, 3.05) is 6.54 Å². The number of amides is 1. The predicted molar refractivity (Wildman–Crippen MR) is 82.7 cm³/mol. The van der Waals surface area contributed by atoms with Crippen molar-refractivity contribution in [1.82, 2.24) is 10.5 Å². The highest BCUT2D eigenvalue weighted by Crippen LogP contribution is 2.16. The summed E-state index contributed by atoms with van der Waals surface area (Å²) in [5.74, 6) is 0.712. The zero-order valence-corrected chi connectivity index (χ0v) is 12.4. The van der Waals surface area contributed by atoms with E-state index in [1.165, 1.54) is 0 Å². The number of hydrogen-bond donors (Lipinski definition) is 1. The van der Waals surface area contributed by atoms with Crippen LogP contribution < -0.4 is 5.32 Å². The molecule has 2 rings (SSSR count). The second-order valence-electron chi connectivity index (χ2n) is 4.86. The number of rotatable bonds is 6. The number of carbonyl (C=O) groups excluding carboxylic acids is 1. The lowest BCUT2D eigenvalue weighted by Crippen LogP contribution is -2.24. The van der Waals surface area contributed by atoms with Crippen molar-refractivity contribution < 1.29 is 9.32 Å². The molecule has 0 saturated heterocycles. The molecule has 4 nitrogen and oxygen atoms in total. The van der Waals surface area contributed by atoms with Crippen molar-refractivity contribution >= 4 is 11.5 Å². The van der Waals surface area contributed by atoms with Gasteiger partial charge >= 0.3 is 0 Å². The van der Waals surface area contributed by atoms with Gasteiger partial charge in [0.05, 0.1) is 5.69 Å². The average Bonchev–Trinajstić information content (AvgIpc) is 2.91. The third-order valence-electron chi connectivity index (χ3n) is 3.19. The highest BCUT2D eigenvalue weighted by molar-refractivity contribution is 5.95. The maximum atomic E-state index is 11.9. The number of allylic oxidation sites excluding steroid dienone is 1. The summed E-state index contributed by atoms with van der Waals surface area (Å²) in [6, 6.07) is 11.8. The molecule has 1 amide bonds. The first-order valence-electron chi connectivity index (χ1n) is 7.15. The summed E-state index contributed by atoms with van der Waals surface area (Å²) in [5.41, 5.74) is 2.98. The molecule has 0 radical (unpaired) electrons. The summed E-state index contributed by atoms with van der Waals surface area (Å²) in [5, 5.41) is 6.77. The number of benzene rings is 1. The molecular formula is C17H20N2O2. The average molecular weight is 284 g/mol. The van der Waals surface area contributed by atoms with Crippen LogP contribution in [0, 0.1) is 6.92 Å². The first-order valence-corrected chi connectivity index (χ1v) is 7.15. The van der Waals surface area contributed by atoms with Crippen LogP contribution in [0.15, 0.2) is 47.0 Å². The van der Waals surface area contributed by atoms with Crippen LogP contribution in [0.4, 0.5) is 0 Å². The first-order chi connectivity index (χ1) is 10.2. The Morgan fingerprint density at radius 1 is 1.33 bits per heavy atom. The molecule has 0 spiro atoms. The van der Waals surface area contributed by atoms with Crippen LogP contribution in [-0.2, 0) is 11.2 Å². The van der Waals surface area contributed by atoms with Crippen LogP contribution in [0.5, 0.6) is 0 Å². The van der Waals surface area contributed by atoms with E-state index < -0.39 is 0 Å². The van der Waals surface area contributed by atoms with Gasteiger partial charge in [-0.2, -0.15) is 0 Å². The van der Waals surface area contributed by atoms with E-state index in [9.17, 15) is 4.79 Å². The largest absolute Gasteiger partial charge is 0.361 e. The van der Waals surface area contributed by atoms with Gasteiger partial charge in [-0.1, -0.05) is 42.4 Å². The zero-order valence-electron chi connectivity index (χ0n) is 12.4. The normalized spacial score (nSPS) is 11.4. The summed E-state index contributed by atoms with van der Waals surface area (Å²) in [6.07, 6.45) is 3.16. The van der Waals surface area contributed by atoms with E-state index in [1.807, 2.05) is 50.2 Å². The SMILES string of the molecule is CC/C(=C\C(=O)NCCc1cc(C)on1)c1ccccc1. The van der Waals surface area contributed by atoms with Gasteiger partial charge in [0.15, 0.2) is 0 Å². The molecule has 0 atom stereocenters. The Morgan fingerprint density at radius 2 is 2.10 bits per heavy atom. The minimum absolute atomic E-state index is 0.0732. The second-order valence-corrected chi connectivity index (χ2v) is 4.86. The van der Waals surface area contributed by atoms with Crippen LogP contribution in [-0.4, -0.2) is 17.6 Å². The fourth-order valence-electron chi connectivity index (χ4n) is 2.10. The fraction of sp³-hybridized carbons (Fsp3) is 0.294. The molecule has 0 saturated carbocycles. The number of aryl methyl sites for hydroxylation is 1. The van der Waals surface area contributed by atoms with Gasteiger partial charge in [-0.25, -0.2) is 0 Å². The highest BCUT2D eigenvalue weighted by Gasteiger charge is 2.04. The molecule has 0 aliphatic carbocycles. The Bertz CT molecular complexity index is 615. The van der Waals surface area contributed by atoms with E-state index >= 15 is 0 Å². The van der Waals surface area contributed by atoms with Crippen molar-refractivity contribution in [3.8, 4) is 0 Å². The molecule has 110 valence electrons. The standard InChI is InChI=1S/C17H20N2O2/c1-3-14(15-7-5-4-6-8-15)12-17(20)18-10-9-16-11-13(2)21-19-16/h4-8,11-12H,3,9-10H2,1-2H3,(H,18,20)/b14-12+. The van der Waals surface area contributed by atoms with E-state index in [-0.39, 0.29) is 5.91 Å². The number of hydrogen-bond acceptors (Lipinski definition) is 3. The summed E-state index contributed by atoms with van der Waals surface area (Å²) in [7, 11) is 0. The zero-order chi connectivity index (χ0) is 15.1. The Labute approximate surface area is 124 Å². The highest BCUT2D eigenvalue weighted by atomic mass is 16.5. The summed E-state index contributed by atoms with van der Waals surface area (Å²) in [6.45, 7) is 4.45. The number of aromatic nitrogens is 1. The van der Waals surface area contributed by atoms with E-state index in [0.29, 0.717) is 13.0 Å². The lowest BCUT2D eigenvalue weighted by Gasteiger charge is -2.05. The molecule has 1 N–H and O–H groups in total. The monoisotopic (exact) mass is 284 g/mol. The molecular weight excluding hydrogens is 264 g/mol. The molecule has 1 aromatic heterocycles. The first kappa shape index (κ1) is 15.0. The van der Waals surface area contributed by atoms with Crippen molar-refractivity contribution in [2.45, 2.75) is 26.7 Å². The Balaban J connectivity index is 1.89. The molecule has 0 bridgehead atoms. The lowest BCUT2D eigenvalue weighted by molar-refractivity contribution is -0.116. The predicted octanol–water partition coefficient (Wildman–Crippen LogP) is 3.14. The number of nitrogens with one attached hydrogen (secondary N) is 1. The van der Waals surface area contributed by atoms with Gasteiger partial charge in [0.25, 0.3) is 0 Å². The van der Waals surface area contributed by atoms with Crippen LogP contribution in [0.3, 0.4) is 0 Å². The quantitative estimate of drug-likeness (QED) is 0.829. The Kier molecular flexibility index (Phi) is 5.32. The molecule has 0 aliphatic rings. The molecule has 2 aromatic rings. The molecule has 1 aromatic carbocycles. The fourth-order valence-corrected chi connectivity index (χ4v) is 2.10. The maximum Gasteiger partial charge on any atom is 0.244 e. The molecule has 0 aliphatic heterocycles. The molecule has 0 fully saturated rings. The van der Waals surface area contributed by atoms with Crippen LogP contribution in [0.1, 0.15) is 30.4 Å². The Hall–Kier alpha value is -2.36. The maximum absolute atomic E-state index is 11.9. The number of nitrogens with zero attached hydrogens (tertiary/aromatic N) is 1. The van der Waals surface area contributed by atoms with Gasteiger partial charge in [0, 0.05) is 25.1 Å². The van der Waals surface area contributed by atoms with Crippen molar-refractivity contribution in [2.24, 2.45) is 0 Å². The van der Waals surface area contributed by atoms with Gasteiger partial charge in [0.2, 0.25) is 5.91 Å². The summed E-state index contributed by atoms with van der Waals surface area (Å²) < 4.78 is 4.99. The molecule has 1 heterocycles. The van der Waals surface area contributed by atoms with E-state index in [1.54, 1.807) is 6.08 Å². The van der Waals surface area contributed by atoms with Gasteiger partial charge in [-0.3, -0.25) is 4.79 Å². The smallest absolute Gasteiger partial charge is 0.244 e. The van der Waals surface area contributed by atoms with Crippen molar-refractivity contribution in [3.63, 3.8) is 0 Å². The van der Waals surface area contributed by atoms with Crippen LogP contribution in [0.25, 0.3) is 5.57 Å². The van der Waals surface area contributed by atoms with E-state index in [0.717, 1.165) is 29.0 Å². The minimum atomic E-state index is -0.0732. The molecule has 21 heavy (non-hydrogen) atoms. The molecule has 4 heteroatoms. The van der Waals surface area contributed by atoms with Crippen LogP contribution >= 0.6 is 0 Å². The second kappa shape index (κ2) is 7.43. The van der Waals surface area contributed by atoms with E-state index in [4.69, 9.17) is 4.52 Å². The Morgan fingerprint density at radius 3 is 2.71 bits per heavy atom.